The van der Waals surface area contributed by atoms with Crippen molar-refractivity contribution in [1.82, 2.24) is 14.5 Å². The molecule has 1 aliphatic rings. The van der Waals surface area contributed by atoms with Gasteiger partial charge in [0.25, 0.3) is 5.91 Å². The number of hydrogen-bond donors (Lipinski definition) is 2. The molecule has 1 saturated heterocycles. The second kappa shape index (κ2) is 7.38. The zero-order valence-electron chi connectivity index (χ0n) is 15.7. The molecule has 146 valence electrons. The Balaban J connectivity index is 1.83. The maximum absolute atomic E-state index is 12.4. The average Bonchev–Trinajstić information content (AvgIpc) is 2.94. The third-order valence-electron chi connectivity index (χ3n) is 4.29. The monoisotopic (exact) mass is 437 g/mol. The third-order valence-corrected chi connectivity index (χ3v) is 4.72. The molecule has 0 aliphatic carbocycles. The molecule has 3 N–H and O–H groups in total. The minimum absolute atomic E-state index is 0.0238. The first-order valence-corrected chi connectivity index (χ1v) is 9.64. The lowest BCUT2D eigenvalue weighted by Gasteiger charge is -2.35. The van der Waals surface area contributed by atoms with Gasteiger partial charge in [-0.3, -0.25) is 4.79 Å². The number of nitrogens with one attached hydrogen (secondary N) is 1. The maximum Gasteiger partial charge on any atom is 0.410 e. The van der Waals surface area contributed by atoms with Crippen LogP contribution in [0.1, 0.15) is 44.0 Å². The van der Waals surface area contributed by atoms with E-state index in [0.29, 0.717) is 24.3 Å². The van der Waals surface area contributed by atoms with Crippen LogP contribution in [-0.2, 0) is 4.74 Å². The topological polar surface area (TPSA) is 102 Å². The van der Waals surface area contributed by atoms with E-state index in [0.717, 1.165) is 22.8 Å². The second-order valence-electron chi connectivity index (χ2n) is 7.70. The number of carbonyl (C=O) groups excluding carboxylic acids is 2. The first-order valence-electron chi connectivity index (χ1n) is 8.85. The Labute approximate surface area is 166 Å². The molecule has 2 aromatic rings. The van der Waals surface area contributed by atoms with E-state index in [-0.39, 0.29) is 12.1 Å². The van der Waals surface area contributed by atoms with Gasteiger partial charge in [0.1, 0.15) is 5.60 Å². The van der Waals surface area contributed by atoms with Gasteiger partial charge in [0.15, 0.2) is 0 Å². The summed E-state index contributed by atoms with van der Waals surface area (Å²) in [6.07, 6.45) is 4.65. The molecule has 3 rings (SSSR count). The summed E-state index contributed by atoms with van der Waals surface area (Å²) in [5, 5.41) is 7.62. The van der Waals surface area contributed by atoms with E-state index in [1.54, 1.807) is 15.6 Å². The molecule has 0 bridgehead atoms. The van der Waals surface area contributed by atoms with Gasteiger partial charge in [-0.1, -0.05) is 0 Å². The summed E-state index contributed by atoms with van der Waals surface area (Å²) in [4.78, 5) is 26.0. The molecule has 1 aliphatic heterocycles. The molecule has 1 fully saturated rings. The molecule has 0 spiro atoms. The molecule has 9 heteroatoms. The summed E-state index contributed by atoms with van der Waals surface area (Å²) >= 11 is 3.43. The summed E-state index contributed by atoms with van der Waals surface area (Å²) in [7, 11) is 0. The van der Waals surface area contributed by atoms with Crippen LogP contribution in [0.25, 0.3) is 5.52 Å². The maximum atomic E-state index is 12.4. The zero-order valence-corrected chi connectivity index (χ0v) is 17.2. The summed E-state index contributed by atoms with van der Waals surface area (Å²) in [6.45, 7) is 6.69. The van der Waals surface area contributed by atoms with Crippen LogP contribution in [0.2, 0.25) is 0 Å². The van der Waals surface area contributed by atoms with E-state index in [4.69, 9.17) is 10.5 Å². The van der Waals surface area contributed by atoms with Gasteiger partial charge in [-0.15, -0.1) is 0 Å². The fraction of sp³-hybridized carbons (Fsp3) is 0.500. The average molecular weight is 438 g/mol. The normalized spacial score (nSPS) is 17.8. The van der Waals surface area contributed by atoms with Gasteiger partial charge in [0.2, 0.25) is 0 Å². The quantitative estimate of drug-likeness (QED) is 0.767. The number of nitrogens with zero attached hydrogens (tertiary/aromatic N) is 3. The number of nitrogens with two attached hydrogens (primary N) is 1. The van der Waals surface area contributed by atoms with Crippen LogP contribution < -0.4 is 11.1 Å². The molecular weight excluding hydrogens is 414 g/mol. The third kappa shape index (κ3) is 4.52. The Bertz CT molecular complexity index is 874. The first kappa shape index (κ1) is 19.5. The lowest BCUT2D eigenvalue weighted by Crippen LogP contribution is -2.47. The van der Waals surface area contributed by atoms with E-state index in [1.165, 1.54) is 6.20 Å². The van der Waals surface area contributed by atoms with Gasteiger partial charge < -0.3 is 20.7 Å². The Morgan fingerprint density at radius 1 is 1.41 bits per heavy atom. The van der Waals surface area contributed by atoms with Gasteiger partial charge in [-0.25, -0.2) is 9.31 Å². The Morgan fingerprint density at radius 2 is 2.15 bits per heavy atom. The van der Waals surface area contributed by atoms with E-state index >= 15 is 0 Å². The number of fused-ring (bicyclic) bond motifs is 1. The van der Waals surface area contributed by atoms with Gasteiger partial charge >= 0.3 is 6.09 Å². The van der Waals surface area contributed by atoms with Gasteiger partial charge in [0, 0.05) is 29.8 Å². The lowest BCUT2D eigenvalue weighted by molar-refractivity contribution is 0.0206. The predicted molar refractivity (Wildman–Crippen MR) is 106 cm³/mol. The highest BCUT2D eigenvalue weighted by molar-refractivity contribution is 9.10. The highest BCUT2D eigenvalue weighted by Crippen LogP contribution is 2.28. The zero-order chi connectivity index (χ0) is 19.8. The van der Waals surface area contributed by atoms with Crippen molar-refractivity contribution in [3.8, 4) is 0 Å². The summed E-state index contributed by atoms with van der Waals surface area (Å²) in [5.41, 5.74) is 6.69. The van der Waals surface area contributed by atoms with Crippen LogP contribution in [0.15, 0.2) is 22.9 Å². The molecule has 0 aromatic carbocycles. The molecule has 27 heavy (non-hydrogen) atoms. The van der Waals surface area contributed by atoms with Crippen molar-refractivity contribution in [2.75, 3.05) is 18.4 Å². The molecule has 3 heterocycles. The van der Waals surface area contributed by atoms with Crippen molar-refractivity contribution in [3.05, 3.63) is 28.5 Å². The van der Waals surface area contributed by atoms with Crippen molar-refractivity contribution in [3.63, 3.8) is 0 Å². The number of rotatable bonds is 3. The number of hydrogen-bond acceptors (Lipinski definition) is 5. The number of carbonyl (C=O) groups is 2. The van der Waals surface area contributed by atoms with Crippen LogP contribution in [0.3, 0.4) is 0 Å². The van der Waals surface area contributed by atoms with Crippen molar-refractivity contribution in [1.29, 1.82) is 0 Å². The number of aromatic nitrogens is 2. The standard InChI is InChI=1S/C18H24BrN5O3/c1-18(2,3)27-17(26)23-6-4-5-12(10-23)22-15-13(16(20)25)8-21-24-9-11(19)7-14(15)24/h7-9,12,22H,4-6,10H2,1-3H3,(H2,20,25). The highest BCUT2D eigenvalue weighted by atomic mass is 79.9. The van der Waals surface area contributed by atoms with Gasteiger partial charge in [-0.2, -0.15) is 5.10 Å². The number of anilines is 1. The fourth-order valence-electron chi connectivity index (χ4n) is 3.15. The lowest BCUT2D eigenvalue weighted by atomic mass is 10.0. The number of likely N-dealkylation sites (tertiary alicyclic amines) is 1. The molecule has 0 radical (unpaired) electrons. The number of amides is 2. The van der Waals surface area contributed by atoms with Crippen molar-refractivity contribution in [2.24, 2.45) is 5.73 Å². The summed E-state index contributed by atoms with van der Waals surface area (Å²) in [5.74, 6) is -0.551. The van der Waals surface area contributed by atoms with E-state index in [2.05, 4.69) is 26.3 Å². The van der Waals surface area contributed by atoms with Crippen LogP contribution in [0.5, 0.6) is 0 Å². The Morgan fingerprint density at radius 3 is 2.81 bits per heavy atom. The molecule has 2 aromatic heterocycles. The molecular formula is C18H24BrN5O3. The number of ether oxygens (including phenoxy) is 1. The minimum Gasteiger partial charge on any atom is -0.444 e. The second-order valence-corrected chi connectivity index (χ2v) is 8.61. The Hall–Kier alpha value is -2.29. The smallest absolute Gasteiger partial charge is 0.410 e. The summed E-state index contributed by atoms with van der Waals surface area (Å²) in [6, 6.07) is 1.85. The van der Waals surface area contributed by atoms with E-state index in [1.807, 2.05) is 26.8 Å². The predicted octanol–water partition coefficient (Wildman–Crippen LogP) is 3.01. The van der Waals surface area contributed by atoms with Crippen LogP contribution in [0, 0.1) is 0 Å². The van der Waals surface area contributed by atoms with Gasteiger partial charge in [0.05, 0.1) is 23.0 Å². The number of primary amides is 1. The molecule has 8 nitrogen and oxygen atoms in total. The van der Waals surface area contributed by atoms with Crippen LogP contribution >= 0.6 is 15.9 Å². The fourth-order valence-corrected chi connectivity index (χ4v) is 3.57. The molecule has 1 atom stereocenters. The molecule has 1 unspecified atom stereocenters. The molecule has 2 amide bonds. The van der Waals surface area contributed by atoms with Crippen molar-refractivity contribution >= 4 is 39.1 Å². The van der Waals surface area contributed by atoms with Gasteiger partial charge in [-0.05, 0) is 55.6 Å². The van der Waals surface area contributed by atoms with Crippen LogP contribution in [-0.4, -0.2) is 51.2 Å². The SMILES string of the molecule is CC(C)(C)OC(=O)N1CCCC(Nc2c(C(N)=O)cnn3cc(Br)cc23)C1. The van der Waals surface area contributed by atoms with Crippen molar-refractivity contribution < 1.29 is 14.3 Å². The van der Waals surface area contributed by atoms with Crippen molar-refractivity contribution in [2.45, 2.75) is 45.3 Å². The highest BCUT2D eigenvalue weighted by Gasteiger charge is 2.28. The summed E-state index contributed by atoms with van der Waals surface area (Å²) < 4.78 is 8.00. The number of halogens is 1. The number of piperidine rings is 1. The van der Waals surface area contributed by atoms with E-state index in [9.17, 15) is 9.59 Å². The van der Waals surface area contributed by atoms with E-state index < -0.39 is 11.5 Å². The first-order chi connectivity index (χ1) is 12.6. The molecule has 0 saturated carbocycles. The minimum atomic E-state index is -0.551. The largest absolute Gasteiger partial charge is 0.444 e. The Kier molecular flexibility index (Phi) is 5.32. The van der Waals surface area contributed by atoms with Crippen LogP contribution in [0.4, 0.5) is 10.5 Å².